The number of thioether (sulfide) groups is 1. The molecule has 1 saturated heterocycles. The lowest BCUT2D eigenvalue weighted by molar-refractivity contribution is -0.121. The van der Waals surface area contributed by atoms with Gasteiger partial charge in [-0.2, -0.15) is 0 Å². The summed E-state index contributed by atoms with van der Waals surface area (Å²) < 4.78 is 0. The van der Waals surface area contributed by atoms with Crippen molar-refractivity contribution in [3.63, 3.8) is 0 Å². The molecule has 1 unspecified atom stereocenters. The minimum atomic E-state index is 0.0182. The second-order valence-corrected chi connectivity index (χ2v) is 8.28. The van der Waals surface area contributed by atoms with E-state index in [4.69, 9.17) is 0 Å². The molecule has 1 atom stereocenters. The number of rotatable bonds is 1. The zero-order chi connectivity index (χ0) is 17.6. The highest BCUT2D eigenvalue weighted by Gasteiger charge is 2.34. The average molecular weight is 343 g/mol. The molecule has 0 aromatic heterocycles. The SMILES string of the molecule is CN=C1S/C(=C/c2ccc3c(c2)C(C)CC(C)(C)N3C)C(=O)N1C. The Kier molecular flexibility index (Phi) is 4.24. The summed E-state index contributed by atoms with van der Waals surface area (Å²) in [5.41, 5.74) is 3.90. The van der Waals surface area contributed by atoms with Crippen LogP contribution < -0.4 is 4.90 Å². The van der Waals surface area contributed by atoms with Crippen LogP contribution in [-0.4, -0.2) is 42.7 Å². The number of hydrogen-bond acceptors (Lipinski definition) is 4. The highest BCUT2D eigenvalue weighted by Crippen LogP contribution is 2.43. The summed E-state index contributed by atoms with van der Waals surface area (Å²) in [6.07, 6.45) is 3.11. The van der Waals surface area contributed by atoms with Crippen LogP contribution in [0.2, 0.25) is 0 Å². The van der Waals surface area contributed by atoms with Crippen molar-refractivity contribution in [2.75, 3.05) is 26.0 Å². The highest BCUT2D eigenvalue weighted by molar-refractivity contribution is 8.18. The predicted molar refractivity (Wildman–Crippen MR) is 104 cm³/mol. The molecule has 2 aliphatic rings. The van der Waals surface area contributed by atoms with Gasteiger partial charge >= 0.3 is 0 Å². The maximum atomic E-state index is 12.3. The minimum Gasteiger partial charge on any atom is -0.369 e. The Labute approximate surface area is 148 Å². The Morgan fingerprint density at radius 3 is 2.67 bits per heavy atom. The van der Waals surface area contributed by atoms with E-state index in [2.05, 4.69) is 55.9 Å². The summed E-state index contributed by atoms with van der Waals surface area (Å²) in [5.74, 6) is 0.525. The van der Waals surface area contributed by atoms with Crippen LogP contribution >= 0.6 is 11.8 Å². The zero-order valence-electron chi connectivity index (χ0n) is 15.3. The van der Waals surface area contributed by atoms with Gasteiger partial charge in [0.05, 0.1) is 4.91 Å². The molecular weight excluding hydrogens is 318 g/mol. The number of fused-ring (bicyclic) bond motifs is 1. The fourth-order valence-electron chi connectivity index (χ4n) is 3.59. The smallest absolute Gasteiger partial charge is 0.266 e. The molecule has 2 heterocycles. The van der Waals surface area contributed by atoms with Gasteiger partial charge < -0.3 is 4.90 Å². The van der Waals surface area contributed by atoms with Gasteiger partial charge in [-0.15, -0.1) is 0 Å². The first-order valence-electron chi connectivity index (χ1n) is 8.27. The van der Waals surface area contributed by atoms with Crippen molar-refractivity contribution in [2.24, 2.45) is 4.99 Å². The van der Waals surface area contributed by atoms with Crippen molar-refractivity contribution >= 4 is 34.6 Å². The average Bonchev–Trinajstić information content (AvgIpc) is 2.80. The van der Waals surface area contributed by atoms with Gasteiger partial charge in [-0.3, -0.25) is 14.7 Å². The van der Waals surface area contributed by atoms with Crippen LogP contribution in [0.3, 0.4) is 0 Å². The molecule has 1 fully saturated rings. The molecule has 4 nitrogen and oxygen atoms in total. The number of anilines is 1. The molecule has 0 saturated carbocycles. The standard InChI is InChI=1S/C19H25N3OS/c1-12-11-19(2,3)22(6)15-8-7-13(9-14(12)15)10-16-17(23)21(5)18(20-4)24-16/h7-10,12H,11H2,1-6H3/b16-10+,20-18?. The van der Waals surface area contributed by atoms with Crippen LogP contribution in [0.4, 0.5) is 5.69 Å². The van der Waals surface area contributed by atoms with Gasteiger partial charge in [-0.05, 0) is 67.3 Å². The number of benzene rings is 1. The Morgan fingerprint density at radius 2 is 2.04 bits per heavy atom. The van der Waals surface area contributed by atoms with Crippen LogP contribution in [0.5, 0.6) is 0 Å². The van der Waals surface area contributed by atoms with E-state index in [1.165, 1.54) is 23.0 Å². The Bertz CT molecular complexity index is 751. The number of carbonyl (C=O) groups excluding carboxylic acids is 1. The van der Waals surface area contributed by atoms with E-state index >= 15 is 0 Å². The van der Waals surface area contributed by atoms with Crippen molar-refractivity contribution in [1.29, 1.82) is 0 Å². The van der Waals surface area contributed by atoms with Gasteiger partial charge in [0.1, 0.15) is 0 Å². The summed E-state index contributed by atoms with van der Waals surface area (Å²) in [7, 11) is 5.65. The van der Waals surface area contributed by atoms with E-state index in [1.807, 2.05) is 6.08 Å². The van der Waals surface area contributed by atoms with Gasteiger partial charge in [0.15, 0.2) is 5.17 Å². The second-order valence-electron chi connectivity index (χ2n) is 7.28. The van der Waals surface area contributed by atoms with Gasteiger partial charge in [0, 0.05) is 32.4 Å². The fraction of sp³-hybridized carbons (Fsp3) is 0.474. The molecule has 0 bridgehead atoms. The van der Waals surface area contributed by atoms with Crippen molar-refractivity contribution < 1.29 is 4.79 Å². The van der Waals surface area contributed by atoms with Crippen LogP contribution in [0.25, 0.3) is 6.08 Å². The summed E-state index contributed by atoms with van der Waals surface area (Å²) in [6, 6.07) is 6.51. The molecule has 0 aliphatic carbocycles. The third kappa shape index (κ3) is 2.75. The van der Waals surface area contributed by atoms with E-state index < -0.39 is 0 Å². The van der Waals surface area contributed by atoms with E-state index in [0.717, 1.165) is 22.1 Å². The molecule has 1 amide bonds. The summed E-state index contributed by atoms with van der Waals surface area (Å²) in [6.45, 7) is 6.87. The fourth-order valence-corrected chi connectivity index (χ4v) is 4.51. The first-order chi connectivity index (χ1) is 11.2. The molecule has 1 aromatic carbocycles. The van der Waals surface area contributed by atoms with Crippen LogP contribution in [-0.2, 0) is 4.79 Å². The molecule has 24 heavy (non-hydrogen) atoms. The lowest BCUT2D eigenvalue weighted by atomic mass is 9.80. The van der Waals surface area contributed by atoms with Crippen molar-refractivity contribution in [3.05, 3.63) is 34.2 Å². The molecule has 1 aromatic rings. The van der Waals surface area contributed by atoms with Crippen LogP contribution in [0.15, 0.2) is 28.1 Å². The number of carbonyl (C=O) groups is 1. The van der Waals surface area contributed by atoms with Crippen molar-refractivity contribution in [2.45, 2.75) is 38.6 Å². The normalized spacial score (nSPS) is 26.4. The van der Waals surface area contributed by atoms with E-state index in [9.17, 15) is 4.79 Å². The summed E-state index contributed by atoms with van der Waals surface area (Å²) in [4.78, 5) is 21.2. The Balaban J connectivity index is 1.97. The second kappa shape index (κ2) is 5.96. The van der Waals surface area contributed by atoms with Crippen molar-refractivity contribution in [3.8, 4) is 0 Å². The van der Waals surface area contributed by atoms with Crippen LogP contribution in [0, 0.1) is 0 Å². The molecule has 5 heteroatoms. The van der Waals surface area contributed by atoms with Gasteiger partial charge in [0.25, 0.3) is 5.91 Å². The van der Waals surface area contributed by atoms with Gasteiger partial charge in [-0.1, -0.05) is 13.0 Å². The predicted octanol–water partition coefficient (Wildman–Crippen LogP) is 3.94. The molecule has 0 radical (unpaired) electrons. The number of amidine groups is 1. The van der Waals surface area contributed by atoms with E-state index in [-0.39, 0.29) is 11.4 Å². The maximum absolute atomic E-state index is 12.3. The molecule has 128 valence electrons. The number of amides is 1. The van der Waals surface area contributed by atoms with Gasteiger partial charge in [0.2, 0.25) is 0 Å². The lowest BCUT2D eigenvalue weighted by Gasteiger charge is -2.45. The monoisotopic (exact) mass is 343 g/mol. The Morgan fingerprint density at radius 1 is 1.33 bits per heavy atom. The number of aliphatic imine (C=N–C) groups is 1. The highest BCUT2D eigenvalue weighted by atomic mass is 32.2. The largest absolute Gasteiger partial charge is 0.369 e. The van der Waals surface area contributed by atoms with E-state index in [0.29, 0.717) is 5.92 Å². The number of hydrogen-bond donors (Lipinski definition) is 0. The molecule has 0 N–H and O–H groups in total. The topological polar surface area (TPSA) is 35.9 Å². The van der Waals surface area contributed by atoms with Gasteiger partial charge in [-0.25, -0.2) is 0 Å². The summed E-state index contributed by atoms with van der Waals surface area (Å²) in [5, 5.41) is 0.749. The van der Waals surface area contributed by atoms with Crippen molar-refractivity contribution in [1.82, 2.24) is 4.90 Å². The first kappa shape index (κ1) is 17.1. The first-order valence-corrected chi connectivity index (χ1v) is 9.08. The molecular formula is C19H25N3OS. The van der Waals surface area contributed by atoms with Crippen LogP contribution in [0.1, 0.15) is 44.2 Å². The zero-order valence-corrected chi connectivity index (χ0v) is 16.1. The lowest BCUT2D eigenvalue weighted by Crippen LogP contribution is -2.45. The third-order valence-corrected chi connectivity index (χ3v) is 6.30. The minimum absolute atomic E-state index is 0.0182. The molecule has 2 aliphatic heterocycles. The molecule has 0 spiro atoms. The quantitative estimate of drug-likeness (QED) is 0.725. The summed E-state index contributed by atoms with van der Waals surface area (Å²) >= 11 is 1.44. The maximum Gasteiger partial charge on any atom is 0.266 e. The molecule has 3 rings (SSSR count). The number of likely N-dealkylation sites (N-methyl/N-ethyl adjacent to an activating group) is 1. The van der Waals surface area contributed by atoms with E-state index in [1.54, 1.807) is 19.0 Å². The third-order valence-electron chi connectivity index (χ3n) is 5.15. The number of nitrogens with zero attached hydrogens (tertiary/aromatic N) is 3. The Hall–Kier alpha value is -1.75.